The maximum Gasteiger partial charge on any atom is 0.161 e. The highest BCUT2D eigenvalue weighted by atomic mass is 16.5. The molecule has 0 aromatic heterocycles. The van der Waals surface area contributed by atoms with Crippen LogP contribution in [0.2, 0.25) is 0 Å². The van der Waals surface area contributed by atoms with Crippen LogP contribution in [0, 0.1) is 0 Å². The van der Waals surface area contributed by atoms with Gasteiger partial charge in [-0.05, 0) is 35.7 Å². The summed E-state index contributed by atoms with van der Waals surface area (Å²) in [6.07, 6.45) is 0. The largest absolute Gasteiger partial charge is 0.493 e. The lowest BCUT2D eigenvalue weighted by atomic mass is 9.98. The summed E-state index contributed by atoms with van der Waals surface area (Å²) in [5.41, 5.74) is 3.68. The number of hydrogen-bond acceptors (Lipinski definition) is 4. The SMILES string of the molecule is COc1cc(CN2CCN[C@H](C)C2)c(-c2ccccc2)cc1OC. The Bertz CT molecular complexity index is 673. The lowest BCUT2D eigenvalue weighted by molar-refractivity contribution is 0.199. The van der Waals surface area contributed by atoms with E-state index in [-0.39, 0.29) is 0 Å². The quantitative estimate of drug-likeness (QED) is 0.915. The van der Waals surface area contributed by atoms with Gasteiger partial charge in [0.05, 0.1) is 14.2 Å². The van der Waals surface area contributed by atoms with Crippen LogP contribution in [-0.2, 0) is 6.54 Å². The van der Waals surface area contributed by atoms with Crippen molar-refractivity contribution in [3.05, 3.63) is 48.0 Å². The van der Waals surface area contributed by atoms with E-state index in [0.717, 1.165) is 37.7 Å². The Morgan fingerprint density at radius 3 is 2.46 bits per heavy atom. The molecular weight excluding hydrogens is 300 g/mol. The molecule has 0 bridgehead atoms. The smallest absolute Gasteiger partial charge is 0.161 e. The van der Waals surface area contributed by atoms with Crippen LogP contribution < -0.4 is 14.8 Å². The fourth-order valence-electron chi connectivity index (χ4n) is 3.34. The van der Waals surface area contributed by atoms with Crippen LogP contribution >= 0.6 is 0 Å². The van der Waals surface area contributed by atoms with Crippen molar-refractivity contribution in [2.24, 2.45) is 0 Å². The molecule has 3 rings (SSSR count). The molecule has 1 atom stereocenters. The van der Waals surface area contributed by atoms with Gasteiger partial charge in [0, 0.05) is 32.2 Å². The highest BCUT2D eigenvalue weighted by Gasteiger charge is 2.19. The molecule has 1 N–H and O–H groups in total. The van der Waals surface area contributed by atoms with Gasteiger partial charge in [0.2, 0.25) is 0 Å². The molecule has 1 aliphatic rings. The van der Waals surface area contributed by atoms with E-state index in [4.69, 9.17) is 9.47 Å². The Kier molecular flexibility index (Phi) is 5.38. The first kappa shape index (κ1) is 16.8. The lowest BCUT2D eigenvalue weighted by Gasteiger charge is -2.32. The molecule has 2 aromatic rings. The standard InChI is InChI=1S/C20H26N2O2/c1-15-13-22(10-9-21-15)14-17-11-19(23-2)20(24-3)12-18(17)16-7-5-4-6-8-16/h4-8,11-12,15,21H,9-10,13-14H2,1-3H3/t15-/m1/s1. The van der Waals surface area contributed by atoms with Crippen molar-refractivity contribution in [2.75, 3.05) is 33.9 Å². The molecule has 4 heteroatoms. The number of rotatable bonds is 5. The number of ether oxygens (including phenoxy) is 2. The maximum absolute atomic E-state index is 5.52. The lowest BCUT2D eigenvalue weighted by Crippen LogP contribution is -2.48. The summed E-state index contributed by atoms with van der Waals surface area (Å²) in [5.74, 6) is 1.56. The van der Waals surface area contributed by atoms with Gasteiger partial charge in [-0.3, -0.25) is 4.90 Å². The summed E-state index contributed by atoms with van der Waals surface area (Å²) in [6, 6.07) is 15.2. The monoisotopic (exact) mass is 326 g/mol. The molecule has 4 nitrogen and oxygen atoms in total. The van der Waals surface area contributed by atoms with Crippen molar-refractivity contribution in [1.29, 1.82) is 0 Å². The molecule has 0 spiro atoms. The third-order valence-corrected chi connectivity index (χ3v) is 4.54. The molecule has 0 unspecified atom stereocenters. The van der Waals surface area contributed by atoms with Crippen molar-refractivity contribution < 1.29 is 9.47 Å². The average Bonchev–Trinajstić information content (AvgIpc) is 2.62. The first-order valence-electron chi connectivity index (χ1n) is 8.47. The van der Waals surface area contributed by atoms with Crippen LogP contribution in [0.25, 0.3) is 11.1 Å². The molecule has 1 aliphatic heterocycles. The van der Waals surface area contributed by atoms with Crippen LogP contribution in [0.1, 0.15) is 12.5 Å². The summed E-state index contributed by atoms with van der Waals surface area (Å²) < 4.78 is 11.0. The van der Waals surface area contributed by atoms with E-state index in [9.17, 15) is 0 Å². The Balaban J connectivity index is 1.98. The van der Waals surface area contributed by atoms with Crippen LogP contribution in [0.4, 0.5) is 0 Å². The third-order valence-electron chi connectivity index (χ3n) is 4.54. The number of nitrogens with zero attached hydrogens (tertiary/aromatic N) is 1. The highest BCUT2D eigenvalue weighted by Crippen LogP contribution is 2.36. The Morgan fingerprint density at radius 2 is 1.79 bits per heavy atom. The summed E-state index contributed by atoms with van der Waals surface area (Å²) in [4.78, 5) is 2.49. The minimum absolute atomic E-state index is 0.527. The van der Waals surface area contributed by atoms with E-state index in [2.05, 4.69) is 53.5 Å². The van der Waals surface area contributed by atoms with E-state index in [1.165, 1.54) is 16.7 Å². The Labute approximate surface area is 144 Å². The predicted molar refractivity (Wildman–Crippen MR) is 97.7 cm³/mol. The van der Waals surface area contributed by atoms with Crippen molar-refractivity contribution in [3.63, 3.8) is 0 Å². The molecule has 128 valence electrons. The van der Waals surface area contributed by atoms with Gasteiger partial charge < -0.3 is 14.8 Å². The van der Waals surface area contributed by atoms with E-state index >= 15 is 0 Å². The first-order chi connectivity index (χ1) is 11.7. The summed E-state index contributed by atoms with van der Waals surface area (Å²) in [5, 5.41) is 3.50. The van der Waals surface area contributed by atoms with E-state index < -0.39 is 0 Å². The zero-order valence-corrected chi connectivity index (χ0v) is 14.7. The molecule has 1 saturated heterocycles. The van der Waals surface area contributed by atoms with E-state index in [0.29, 0.717) is 6.04 Å². The van der Waals surface area contributed by atoms with Gasteiger partial charge in [0.25, 0.3) is 0 Å². The van der Waals surface area contributed by atoms with Crippen molar-refractivity contribution >= 4 is 0 Å². The fourth-order valence-corrected chi connectivity index (χ4v) is 3.34. The van der Waals surface area contributed by atoms with Gasteiger partial charge in [-0.15, -0.1) is 0 Å². The van der Waals surface area contributed by atoms with Crippen LogP contribution in [0.5, 0.6) is 11.5 Å². The zero-order chi connectivity index (χ0) is 16.9. The summed E-state index contributed by atoms with van der Waals surface area (Å²) in [6.45, 7) is 6.31. The number of hydrogen-bond donors (Lipinski definition) is 1. The molecular formula is C20H26N2O2. The molecule has 0 aliphatic carbocycles. The van der Waals surface area contributed by atoms with Gasteiger partial charge >= 0.3 is 0 Å². The van der Waals surface area contributed by atoms with Crippen LogP contribution in [0.15, 0.2) is 42.5 Å². The van der Waals surface area contributed by atoms with E-state index in [1.54, 1.807) is 14.2 Å². The van der Waals surface area contributed by atoms with Gasteiger partial charge in [-0.25, -0.2) is 0 Å². The minimum Gasteiger partial charge on any atom is -0.493 e. The van der Waals surface area contributed by atoms with Crippen LogP contribution in [0.3, 0.4) is 0 Å². The Hall–Kier alpha value is -2.04. The fraction of sp³-hybridized carbons (Fsp3) is 0.400. The maximum atomic E-state index is 5.52. The van der Waals surface area contributed by atoms with Gasteiger partial charge in [-0.1, -0.05) is 30.3 Å². The number of piperazine rings is 1. The molecule has 0 saturated carbocycles. The molecule has 0 amide bonds. The second-order valence-corrected chi connectivity index (χ2v) is 6.32. The van der Waals surface area contributed by atoms with Gasteiger partial charge in [0.15, 0.2) is 11.5 Å². The number of nitrogens with one attached hydrogen (secondary N) is 1. The molecule has 0 radical (unpaired) electrons. The van der Waals surface area contributed by atoms with Crippen LogP contribution in [-0.4, -0.2) is 44.8 Å². The van der Waals surface area contributed by atoms with Gasteiger partial charge in [-0.2, -0.15) is 0 Å². The molecule has 1 heterocycles. The van der Waals surface area contributed by atoms with Crippen molar-refractivity contribution in [1.82, 2.24) is 10.2 Å². The average molecular weight is 326 g/mol. The Morgan fingerprint density at radius 1 is 1.08 bits per heavy atom. The molecule has 24 heavy (non-hydrogen) atoms. The molecule has 2 aromatic carbocycles. The zero-order valence-electron chi connectivity index (χ0n) is 14.7. The van der Waals surface area contributed by atoms with E-state index in [1.807, 2.05) is 6.07 Å². The first-order valence-corrected chi connectivity index (χ1v) is 8.47. The topological polar surface area (TPSA) is 33.7 Å². The summed E-state index contributed by atoms with van der Waals surface area (Å²) in [7, 11) is 3.38. The minimum atomic E-state index is 0.527. The van der Waals surface area contributed by atoms with Gasteiger partial charge in [0.1, 0.15) is 0 Å². The van der Waals surface area contributed by atoms with Crippen molar-refractivity contribution in [2.45, 2.75) is 19.5 Å². The second-order valence-electron chi connectivity index (χ2n) is 6.32. The second kappa shape index (κ2) is 7.69. The number of benzene rings is 2. The normalized spacial score (nSPS) is 18.4. The molecule has 1 fully saturated rings. The third kappa shape index (κ3) is 3.71. The highest BCUT2D eigenvalue weighted by molar-refractivity contribution is 5.71. The number of methoxy groups -OCH3 is 2. The predicted octanol–water partition coefficient (Wildman–Crippen LogP) is 3.16. The van der Waals surface area contributed by atoms with Crippen molar-refractivity contribution in [3.8, 4) is 22.6 Å². The summed E-state index contributed by atoms with van der Waals surface area (Å²) >= 11 is 0.